The van der Waals surface area contributed by atoms with Crippen molar-refractivity contribution in [2.45, 2.75) is 20.0 Å². The SMILES string of the molecule is CC(=O)N1CC(C)Oc2ccc(C(=O)CN)cc21. The molecule has 1 unspecified atom stereocenters. The summed E-state index contributed by atoms with van der Waals surface area (Å²) in [6, 6.07) is 5.05. The van der Waals surface area contributed by atoms with Gasteiger partial charge in [0.25, 0.3) is 0 Å². The molecule has 0 saturated carbocycles. The number of ketones is 1. The van der Waals surface area contributed by atoms with Crippen molar-refractivity contribution < 1.29 is 14.3 Å². The van der Waals surface area contributed by atoms with Crippen LogP contribution in [0.4, 0.5) is 5.69 Å². The van der Waals surface area contributed by atoms with Crippen molar-refractivity contribution in [2.24, 2.45) is 5.73 Å². The van der Waals surface area contributed by atoms with E-state index >= 15 is 0 Å². The Morgan fingerprint density at radius 2 is 2.22 bits per heavy atom. The molecule has 1 aromatic rings. The lowest BCUT2D eigenvalue weighted by Crippen LogP contribution is -2.41. The second-order valence-corrected chi connectivity index (χ2v) is 4.37. The van der Waals surface area contributed by atoms with Crippen LogP contribution in [0.1, 0.15) is 24.2 Å². The van der Waals surface area contributed by atoms with E-state index in [2.05, 4.69) is 0 Å². The lowest BCUT2D eigenvalue weighted by atomic mass is 10.1. The van der Waals surface area contributed by atoms with Crippen molar-refractivity contribution in [3.8, 4) is 5.75 Å². The summed E-state index contributed by atoms with van der Waals surface area (Å²) in [5, 5.41) is 0. The van der Waals surface area contributed by atoms with Crippen LogP contribution < -0.4 is 15.4 Å². The molecule has 0 spiro atoms. The molecule has 18 heavy (non-hydrogen) atoms. The number of benzene rings is 1. The average molecular weight is 248 g/mol. The Labute approximate surface area is 106 Å². The number of carbonyl (C=O) groups excluding carboxylic acids is 2. The monoisotopic (exact) mass is 248 g/mol. The fourth-order valence-electron chi connectivity index (χ4n) is 2.03. The highest BCUT2D eigenvalue weighted by Crippen LogP contribution is 2.34. The summed E-state index contributed by atoms with van der Waals surface area (Å²) in [6.45, 7) is 3.84. The maximum Gasteiger partial charge on any atom is 0.224 e. The summed E-state index contributed by atoms with van der Waals surface area (Å²) in [5.74, 6) is 0.404. The molecule has 0 radical (unpaired) electrons. The topological polar surface area (TPSA) is 72.6 Å². The number of anilines is 1. The maximum atomic E-state index is 11.6. The highest BCUT2D eigenvalue weighted by Gasteiger charge is 2.26. The smallest absolute Gasteiger partial charge is 0.224 e. The van der Waals surface area contributed by atoms with Crippen molar-refractivity contribution in [3.05, 3.63) is 23.8 Å². The van der Waals surface area contributed by atoms with Gasteiger partial charge in [0.15, 0.2) is 5.78 Å². The molecule has 1 amide bonds. The third kappa shape index (κ3) is 2.22. The molecule has 0 bridgehead atoms. The molecule has 1 heterocycles. The number of ether oxygens (including phenoxy) is 1. The molecule has 0 fully saturated rings. The number of carbonyl (C=O) groups is 2. The highest BCUT2D eigenvalue weighted by atomic mass is 16.5. The van der Waals surface area contributed by atoms with E-state index in [0.29, 0.717) is 23.5 Å². The molecule has 0 aliphatic carbocycles. The molecular formula is C13H16N2O3. The second-order valence-electron chi connectivity index (χ2n) is 4.37. The Bertz CT molecular complexity index is 499. The zero-order valence-electron chi connectivity index (χ0n) is 10.5. The molecule has 0 saturated heterocycles. The quantitative estimate of drug-likeness (QED) is 0.791. The molecule has 96 valence electrons. The predicted octanol–water partition coefficient (Wildman–Crippen LogP) is 0.962. The largest absolute Gasteiger partial charge is 0.487 e. The summed E-state index contributed by atoms with van der Waals surface area (Å²) < 4.78 is 5.64. The molecule has 1 atom stereocenters. The van der Waals surface area contributed by atoms with Crippen LogP contribution in [0.25, 0.3) is 0 Å². The number of nitrogens with two attached hydrogens (primary N) is 1. The zero-order chi connectivity index (χ0) is 13.3. The Hall–Kier alpha value is -1.88. The third-order valence-corrected chi connectivity index (χ3v) is 2.91. The number of Topliss-reactive ketones (excluding diaryl/α,β-unsaturated/α-hetero) is 1. The predicted molar refractivity (Wildman–Crippen MR) is 67.9 cm³/mol. The van der Waals surface area contributed by atoms with Crippen LogP contribution in [0.2, 0.25) is 0 Å². The summed E-state index contributed by atoms with van der Waals surface area (Å²) >= 11 is 0. The van der Waals surface area contributed by atoms with E-state index in [4.69, 9.17) is 10.5 Å². The minimum Gasteiger partial charge on any atom is -0.487 e. The fourth-order valence-corrected chi connectivity index (χ4v) is 2.03. The molecule has 5 heteroatoms. The fraction of sp³-hybridized carbons (Fsp3) is 0.385. The van der Waals surface area contributed by atoms with Crippen LogP contribution in [-0.4, -0.2) is 30.9 Å². The number of hydrogen-bond acceptors (Lipinski definition) is 4. The Morgan fingerprint density at radius 1 is 1.50 bits per heavy atom. The van der Waals surface area contributed by atoms with E-state index in [0.717, 1.165) is 0 Å². The van der Waals surface area contributed by atoms with E-state index in [1.54, 1.807) is 23.1 Å². The van der Waals surface area contributed by atoms with Gasteiger partial charge in [0.2, 0.25) is 5.91 Å². The molecule has 2 rings (SSSR count). The van der Waals surface area contributed by atoms with Gasteiger partial charge in [-0.3, -0.25) is 9.59 Å². The molecular weight excluding hydrogens is 232 g/mol. The zero-order valence-corrected chi connectivity index (χ0v) is 10.5. The van der Waals surface area contributed by atoms with Gasteiger partial charge in [0.05, 0.1) is 18.8 Å². The Morgan fingerprint density at radius 3 is 2.83 bits per heavy atom. The van der Waals surface area contributed by atoms with E-state index in [1.165, 1.54) is 6.92 Å². The van der Waals surface area contributed by atoms with Gasteiger partial charge in [0.1, 0.15) is 11.9 Å². The van der Waals surface area contributed by atoms with Crippen LogP contribution in [0.3, 0.4) is 0 Å². The normalized spacial score (nSPS) is 17.9. The first kappa shape index (κ1) is 12.6. The maximum absolute atomic E-state index is 11.6. The summed E-state index contributed by atoms with van der Waals surface area (Å²) in [4.78, 5) is 24.8. The first-order valence-electron chi connectivity index (χ1n) is 5.85. The number of fused-ring (bicyclic) bond motifs is 1. The molecule has 2 N–H and O–H groups in total. The van der Waals surface area contributed by atoms with Gasteiger partial charge in [-0.1, -0.05) is 0 Å². The summed E-state index contributed by atoms with van der Waals surface area (Å²) in [7, 11) is 0. The van der Waals surface area contributed by atoms with Gasteiger partial charge in [-0.2, -0.15) is 0 Å². The van der Waals surface area contributed by atoms with Crippen molar-refractivity contribution in [1.82, 2.24) is 0 Å². The summed E-state index contributed by atoms with van der Waals surface area (Å²) in [5.41, 5.74) is 6.47. The molecule has 5 nitrogen and oxygen atoms in total. The van der Waals surface area contributed by atoms with Gasteiger partial charge in [0, 0.05) is 12.5 Å². The van der Waals surface area contributed by atoms with Crippen molar-refractivity contribution in [1.29, 1.82) is 0 Å². The van der Waals surface area contributed by atoms with E-state index in [-0.39, 0.29) is 24.3 Å². The van der Waals surface area contributed by atoms with Crippen LogP contribution in [0, 0.1) is 0 Å². The number of hydrogen-bond donors (Lipinski definition) is 1. The molecule has 0 aromatic heterocycles. The lowest BCUT2D eigenvalue weighted by molar-refractivity contribution is -0.117. The average Bonchev–Trinajstić information content (AvgIpc) is 2.36. The van der Waals surface area contributed by atoms with Gasteiger partial charge in [-0.05, 0) is 25.1 Å². The number of amides is 1. The number of nitrogens with zero attached hydrogens (tertiary/aromatic N) is 1. The van der Waals surface area contributed by atoms with Crippen LogP contribution in [-0.2, 0) is 4.79 Å². The van der Waals surface area contributed by atoms with Gasteiger partial charge in [-0.15, -0.1) is 0 Å². The van der Waals surface area contributed by atoms with E-state index in [1.807, 2.05) is 6.92 Å². The molecule has 1 aliphatic heterocycles. The lowest BCUT2D eigenvalue weighted by Gasteiger charge is -2.33. The number of rotatable bonds is 2. The van der Waals surface area contributed by atoms with Gasteiger partial charge in [-0.25, -0.2) is 0 Å². The van der Waals surface area contributed by atoms with Crippen LogP contribution >= 0.6 is 0 Å². The second kappa shape index (κ2) is 4.78. The Kier molecular flexibility index (Phi) is 3.34. The third-order valence-electron chi connectivity index (χ3n) is 2.91. The van der Waals surface area contributed by atoms with Crippen LogP contribution in [0.5, 0.6) is 5.75 Å². The minimum atomic E-state index is -0.153. The van der Waals surface area contributed by atoms with E-state index < -0.39 is 0 Å². The van der Waals surface area contributed by atoms with Crippen molar-refractivity contribution >= 4 is 17.4 Å². The first-order chi connectivity index (χ1) is 8.52. The molecule has 1 aromatic carbocycles. The Balaban J connectivity index is 2.45. The van der Waals surface area contributed by atoms with E-state index in [9.17, 15) is 9.59 Å². The van der Waals surface area contributed by atoms with Crippen LogP contribution in [0.15, 0.2) is 18.2 Å². The van der Waals surface area contributed by atoms with Gasteiger partial charge < -0.3 is 15.4 Å². The minimum absolute atomic E-state index is 0.0455. The summed E-state index contributed by atoms with van der Waals surface area (Å²) in [6.07, 6.45) is -0.0579. The van der Waals surface area contributed by atoms with Crippen molar-refractivity contribution in [3.63, 3.8) is 0 Å². The molecule has 1 aliphatic rings. The first-order valence-corrected chi connectivity index (χ1v) is 5.85. The standard InChI is InChI=1S/C13H16N2O3/c1-8-7-15(9(2)16)11-5-10(12(17)6-14)3-4-13(11)18-8/h3-5,8H,6-7,14H2,1-2H3. The highest BCUT2D eigenvalue weighted by molar-refractivity contribution is 6.01. The van der Waals surface area contributed by atoms with Crippen molar-refractivity contribution in [2.75, 3.05) is 18.0 Å². The van der Waals surface area contributed by atoms with Gasteiger partial charge >= 0.3 is 0 Å².